The van der Waals surface area contributed by atoms with Gasteiger partial charge < -0.3 is 0 Å². The van der Waals surface area contributed by atoms with Crippen LogP contribution >= 0.6 is 33.3 Å². The van der Waals surface area contributed by atoms with Gasteiger partial charge in [0.1, 0.15) is 0 Å². The van der Waals surface area contributed by atoms with Crippen LogP contribution in [0.15, 0.2) is 19.6 Å². The van der Waals surface area contributed by atoms with Gasteiger partial charge in [-0.1, -0.05) is 22.9 Å². The van der Waals surface area contributed by atoms with Crippen molar-refractivity contribution in [3.8, 4) is 0 Å². The lowest BCUT2D eigenvalue weighted by molar-refractivity contribution is 1.40. The quantitative estimate of drug-likeness (QED) is 0.529. The summed E-state index contributed by atoms with van der Waals surface area (Å²) in [5.74, 6) is 0. The number of allylic oxidation sites excluding steroid dienone is 2. The monoisotopic (exact) mass is 204 g/mol. The van der Waals surface area contributed by atoms with Crippen LogP contribution in [0.2, 0.25) is 0 Å². The number of hydrogen-bond acceptors (Lipinski definition) is 3. The van der Waals surface area contributed by atoms with Crippen molar-refractivity contribution in [1.29, 1.82) is 0 Å². The van der Waals surface area contributed by atoms with Crippen LogP contribution in [-0.2, 0) is 0 Å². The fraction of sp³-hybridized carbons (Fsp3) is 0.500. The summed E-state index contributed by atoms with van der Waals surface area (Å²) in [6.45, 7) is 8.68. The first-order valence-electron chi connectivity index (χ1n) is 3.48. The first kappa shape index (κ1) is 9.62. The summed E-state index contributed by atoms with van der Waals surface area (Å²) in [6, 6.07) is 0. The summed E-state index contributed by atoms with van der Waals surface area (Å²) in [6.07, 6.45) is 0. The number of rotatable bonds is 0. The Morgan fingerprint density at radius 1 is 0.818 bits per heavy atom. The highest BCUT2D eigenvalue weighted by atomic mass is 33.1. The standard InChI is InChI=1S/C8H12S3/c1-5(2)7-9-8(6(3)4)11-10-7/h1-4H3. The SMILES string of the molecule is CC(C)=C1SSC(=C(C)C)S1. The van der Waals surface area contributed by atoms with E-state index in [0.29, 0.717) is 0 Å². The lowest BCUT2D eigenvalue weighted by Gasteiger charge is -1.95. The zero-order valence-electron chi connectivity index (χ0n) is 7.22. The molecule has 3 heteroatoms. The van der Waals surface area contributed by atoms with E-state index in [-0.39, 0.29) is 0 Å². The minimum absolute atomic E-state index is 1.43. The molecule has 0 aromatic carbocycles. The van der Waals surface area contributed by atoms with Crippen LogP contribution in [0.3, 0.4) is 0 Å². The molecular formula is C8H12S3. The van der Waals surface area contributed by atoms with E-state index in [1.54, 1.807) is 0 Å². The predicted octanol–water partition coefficient (Wildman–Crippen LogP) is 4.62. The summed E-state index contributed by atoms with van der Waals surface area (Å²) < 4.78 is 2.93. The molecule has 0 N–H and O–H groups in total. The molecule has 0 aromatic heterocycles. The first-order valence-corrected chi connectivity index (χ1v) is 6.45. The molecule has 0 aromatic rings. The highest BCUT2D eigenvalue weighted by Gasteiger charge is 2.17. The third kappa shape index (κ3) is 2.49. The molecular weight excluding hydrogens is 192 g/mol. The van der Waals surface area contributed by atoms with Crippen LogP contribution in [0.1, 0.15) is 27.7 Å². The lowest BCUT2D eigenvalue weighted by atomic mass is 10.4. The maximum absolute atomic E-state index is 2.17. The van der Waals surface area contributed by atoms with Gasteiger partial charge in [-0.3, -0.25) is 0 Å². The molecule has 1 aliphatic heterocycles. The third-order valence-electron chi connectivity index (χ3n) is 1.19. The molecule has 1 aliphatic rings. The first-order chi connectivity index (χ1) is 5.11. The van der Waals surface area contributed by atoms with Crippen molar-refractivity contribution in [2.45, 2.75) is 27.7 Å². The molecule has 1 saturated heterocycles. The Kier molecular flexibility index (Phi) is 3.47. The second kappa shape index (κ2) is 3.97. The van der Waals surface area contributed by atoms with Crippen molar-refractivity contribution in [3.63, 3.8) is 0 Å². The maximum Gasteiger partial charge on any atom is 0.0554 e. The van der Waals surface area contributed by atoms with Crippen LogP contribution in [0.4, 0.5) is 0 Å². The molecule has 0 nitrogen and oxygen atoms in total. The minimum atomic E-state index is 1.43. The molecule has 0 radical (unpaired) electrons. The molecule has 0 amide bonds. The van der Waals surface area contributed by atoms with E-state index in [1.165, 1.54) is 19.6 Å². The smallest absolute Gasteiger partial charge is 0.0554 e. The summed E-state index contributed by atoms with van der Waals surface area (Å²) in [5.41, 5.74) is 2.87. The molecule has 0 saturated carbocycles. The van der Waals surface area contributed by atoms with E-state index < -0.39 is 0 Å². The van der Waals surface area contributed by atoms with Crippen molar-refractivity contribution in [2.75, 3.05) is 0 Å². The molecule has 11 heavy (non-hydrogen) atoms. The molecule has 0 aliphatic carbocycles. The Labute approximate surface area is 80.7 Å². The molecule has 1 heterocycles. The van der Waals surface area contributed by atoms with E-state index in [0.717, 1.165) is 0 Å². The minimum Gasteiger partial charge on any atom is -0.0744 e. The lowest BCUT2D eigenvalue weighted by Crippen LogP contribution is -1.68. The maximum atomic E-state index is 2.17. The van der Waals surface area contributed by atoms with Gasteiger partial charge in [0.05, 0.1) is 8.47 Å². The van der Waals surface area contributed by atoms with Gasteiger partial charge in [0.25, 0.3) is 0 Å². The van der Waals surface area contributed by atoms with E-state index in [1.807, 2.05) is 33.3 Å². The Balaban J connectivity index is 2.77. The van der Waals surface area contributed by atoms with Crippen molar-refractivity contribution in [2.24, 2.45) is 0 Å². The topological polar surface area (TPSA) is 0 Å². The second-order valence-corrected chi connectivity index (χ2v) is 6.53. The van der Waals surface area contributed by atoms with Crippen molar-refractivity contribution < 1.29 is 0 Å². The van der Waals surface area contributed by atoms with Crippen LogP contribution in [-0.4, -0.2) is 0 Å². The largest absolute Gasteiger partial charge is 0.0744 e. The van der Waals surface area contributed by atoms with Gasteiger partial charge in [0.2, 0.25) is 0 Å². The van der Waals surface area contributed by atoms with Crippen molar-refractivity contribution in [1.82, 2.24) is 0 Å². The average Bonchev–Trinajstić information content (AvgIpc) is 2.33. The molecule has 1 fully saturated rings. The van der Waals surface area contributed by atoms with Crippen LogP contribution < -0.4 is 0 Å². The number of hydrogen-bond donors (Lipinski definition) is 0. The Morgan fingerprint density at radius 2 is 1.18 bits per heavy atom. The van der Waals surface area contributed by atoms with Gasteiger partial charge in [-0.15, -0.1) is 0 Å². The molecule has 62 valence electrons. The fourth-order valence-corrected chi connectivity index (χ4v) is 5.24. The molecule has 0 bridgehead atoms. The van der Waals surface area contributed by atoms with Crippen LogP contribution in [0, 0.1) is 0 Å². The number of thioether (sulfide) groups is 1. The van der Waals surface area contributed by atoms with Gasteiger partial charge in [-0.2, -0.15) is 0 Å². The van der Waals surface area contributed by atoms with E-state index >= 15 is 0 Å². The summed E-state index contributed by atoms with van der Waals surface area (Å²) >= 11 is 1.91. The molecule has 1 rings (SSSR count). The van der Waals surface area contributed by atoms with Crippen LogP contribution in [0.25, 0.3) is 0 Å². The predicted molar refractivity (Wildman–Crippen MR) is 59.5 cm³/mol. The van der Waals surface area contributed by atoms with Gasteiger partial charge in [-0.25, -0.2) is 0 Å². The second-order valence-electron chi connectivity index (χ2n) is 2.84. The van der Waals surface area contributed by atoms with Crippen molar-refractivity contribution >= 4 is 33.3 Å². The Bertz CT molecular complexity index is 193. The Hall–Kier alpha value is 0.530. The highest BCUT2D eigenvalue weighted by molar-refractivity contribution is 8.86. The molecule has 0 spiro atoms. The van der Waals surface area contributed by atoms with Gasteiger partial charge in [0.15, 0.2) is 0 Å². The molecule has 0 unspecified atom stereocenters. The third-order valence-corrected chi connectivity index (χ3v) is 6.47. The molecule has 0 atom stereocenters. The van der Waals surface area contributed by atoms with Crippen LogP contribution in [0.5, 0.6) is 0 Å². The summed E-state index contributed by atoms with van der Waals surface area (Å²) in [4.78, 5) is 0. The van der Waals surface area contributed by atoms with E-state index in [4.69, 9.17) is 0 Å². The zero-order valence-corrected chi connectivity index (χ0v) is 9.67. The van der Waals surface area contributed by atoms with Gasteiger partial charge in [0, 0.05) is 0 Å². The normalized spacial score (nSPS) is 17.5. The highest BCUT2D eigenvalue weighted by Crippen LogP contribution is 2.58. The summed E-state index contributed by atoms with van der Waals surface area (Å²) in [5, 5.41) is 0. The fourth-order valence-electron chi connectivity index (χ4n) is 0.565. The van der Waals surface area contributed by atoms with Gasteiger partial charge >= 0.3 is 0 Å². The van der Waals surface area contributed by atoms with E-state index in [2.05, 4.69) is 27.7 Å². The van der Waals surface area contributed by atoms with Crippen molar-refractivity contribution in [3.05, 3.63) is 19.6 Å². The Morgan fingerprint density at radius 3 is 1.36 bits per heavy atom. The van der Waals surface area contributed by atoms with Gasteiger partial charge in [-0.05, 0) is 49.3 Å². The summed E-state index contributed by atoms with van der Waals surface area (Å²) in [7, 11) is 3.78. The zero-order chi connectivity index (χ0) is 8.43. The average molecular weight is 204 g/mol. The van der Waals surface area contributed by atoms with E-state index in [9.17, 15) is 0 Å².